The molecular weight excluding hydrogens is 272 g/mol. The maximum atomic E-state index is 12.2. The smallest absolute Gasteiger partial charge is 0.258 e. The number of halogens is 1. The second-order valence-corrected chi connectivity index (χ2v) is 4.70. The van der Waals surface area contributed by atoms with Gasteiger partial charge in [0.1, 0.15) is 5.15 Å². The number of para-hydroxylation sites is 2. The van der Waals surface area contributed by atoms with Crippen LogP contribution in [0.5, 0.6) is 0 Å². The Hall–Kier alpha value is -2.39. The normalized spacial score (nSPS) is 10.4. The molecule has 0 spiro atoms. The molecule has 1 N–H and O–H groups in total. The minimum Gasteiger partial charge on any atom is -0.322 e. The van der Waals surface area contributed by atoms with Gasteiger partial charge in [-0.2, -0.15) is 0 Å². The van der Waals surface area contributed by atoms with Crippen LogP contribution in [0.3, 0.4) is 0 Å². The highest BCUT2D eigenvalue weighted by Gasteiger charge is 2.13. The molecule has 20 heavy (non-hydrogen) atoms. The summed E-state index contributed by atoms with van der Waals surface area (Å²) in [4.78, 5) is 16.5. The van der Waals surface area contributed by atoms with Gasteiger partial charge >= 0.3 is 0 Å². The van der Waals surface area contributed by atoms with Gasteiger partial charge in [0.2, 0.25) is 0 Å². The Morgan fingerprint density at radius 3 is 2.50 bits per heavy atom. The minimum atomic E-state index is -0.264. The summed E-state index contributed by atoms with van der Waals surface area (Å²) in [6, 6.07) is 18.5. The summed E-state index contributed by atoms with van der Waals surface area (Å²) in [6.07, 6.45) is 0. The predicted octanol–water partition coefficient (Wildman–Crippen LogP) is 4.14. The largest absolute Gasteiger partial charge is 0.322 e. The van der Waals surface area contributed by atoms with Gasteiger partial charge in [0.25, 0.3) is 5.91 Å². The highest BCUT2D eigenvalue weighted by Crippen LogP contribution is 2.21. The molecule has 0 unspecified atom stereocenters. The molecule has 2 aromatic carbocycles. The first-order valence-corrected chi connectivity index (χ1v) is 6.53. The number of amides is 1. The van der Waals surface area contributed by atoms with Crippen molar-refractivity contribution < 1.29 is 4.79 Å². The van der Waals surface area contributed by atoms with Gasteiger partial charge in [0.15, 0.2) is 0 Å². The van der Waals surface area contributed by atoms with E-state index in [1.54, 1.807) is 6.07 Å². The molecule has 0 aliphatic heterocycles. The molecule has 4 heteroatoms. The fourth-order valence-electron chi connectivity index (χ4n) is 1.97. The number of hydrogen-bond donors (Lipinski definition) is 1. The highest BCUT2D eigenvalue weighted by molar-refractivity contribution is 6.33. The summed E-state index contributed by atoms with van der Waals surface area (Å²) >= 11 is 6.09. The van der Waals surface area contributed by atoms with Crippen molar-refractivity contribution in [3.63, 3.8) is 0 Å². The van der Waals surface area contributed by atoms with Crippen molar-refractivity contribution in [3.05, 3.63) is 71.4 Å². The number of hydrogen-bond acceptors (Lipinski definition) is 2. The first-order chi connectivity index (χ1) is 9.74. The summed E-state index contributed by atoms with van der Waals surface area (Å²) in [6.45, 7) is 0. The van der Waals surface area contributed by atoms with E-state index in [2.05, 4.69) is 10.3 Å². The Bertz CT molecular complexity index is 772. The molecule has 3 rings (SSSR count). The zero-order valence-corrected chi connectivity index (χ0v) is 11.3. The topological polar surface area (TPSA) is 42.0 Å². The van der Waals surface area contributed by atoms with E-state index in [4.69, 9.17) is 11.6 Å². The number of fused-ring (bicyclic) bond motifs is 1. The maximum Gasteiger partial charge on any atom is 0.258 e. The third-order valence-corrected chi connectivity index (χ3v) is 3.24. The lowest BCUT2D eigenvalue weighted by atomic mass is 10.1. The van der Waals surface area contributed by atoms with Gasteiger partial charge in [0, 0.05) is 11.1 Å². The molecule has 3 nitrogen and oxygen atoms in total. The van der Waals surface area contributed by atoms with E-state index in [9.17, 15) is 4.79 Å². The highest BCUT2D eigenvalue weighted by atomic mass is 35.5. The second kappa shape index (κ2) is 5.31. The van der Waals surface area contributed by atoms with Gasteiger partial charge < -0.3 is 5.32 Å². The SMILES string of the molecule is O=C(Nc1ccccc1)c1cc2ccccc2nc1Cl. The number of carbonyl (C=O) groups excluding carboxylic acids is 1. The van der Waals surface area contributed by atoms with Crippen LogP contribution in [0.4, 0.5) is 5.69 Å². The molecule has 0 atom stereocenters. The van der Waals surface area contributed by atoms with Gasteiger partial charge in [-0.05, 0) is 24.3 Å². The van der Waals surface area contributed by atoms with Crippen molar-refractivity contribution in [2.45, 2.75) is 0 Å². The number of benzene rings is 2. The quantitative estimate of drug-likeness (QED) is 0.718. The van der Waals surface area contributed by atoms with Crippen molar-refractivity contribution in [1.29, 1.82) is 0 Å². The van der Waals surface area contributed by atoms with Crippen LogP contribution < -0.4 is 5.32 Å². The third kappa shape index (κ3) is 2.49. The molecule has 98 valence electrons. The van der Waals surface area contributed by atoms with Gasteiger partial charge in [-0.25, -0.2) is 4.98 Å². The molecule has 0 bridgehead atoms. The first kappa shape index (κ1) is 12.6. The zero-order valence-electron chi connectivity index (χ0n) is 10.5. The molecule has 1 amide bonds. The molecule has 0 radical (unpaired) electrons. The Morgan fingerprint density at radius 1 is 1.00 bits per heavy atom. The summed E-state index contributed by atoms with van der Waals surface area (Å²) in [5.41, 5.74) is 1.87. The van der Waals surface area contributed by atoms with Gasteiger partial charge in [-0.1, -0.05) is 48.0 Å². The summed E-state index contributed by atoms with van der Waals surface area (Å²) in [7, 11) is 0. The number of nitrogens with one attached hydrogen (secondary N) is 1. The lowest BCUT2D eigenvalue weighted by molar-refractivity contribution is 0.102. The standard InChI is InChI=1S/C16H11ClN2O/c17-15-13(10-11-6-4-5-9-14(11)19-15)16(20)18-12-7-2-1-3-8-12/h1-10H,(H,18,20). The average molecular weight is 283 g/mol. The predicted molar refractivity (Wildman–Crippen MR) is 81.1 cm³/mol. The van der Waals surface area contributed by atoms with E-state index in [-0.39, 0.29) is 11.1 Å². The number of carbonyl (C=O) groups is 1. The van der Waals surface area contributed by atoms with Crippen molar-refractivity contribution in [3.8, 4) is 0 Å². The molecule has 0 saturated carbocycles. The lowest BCUT2D eigenvalue weighted by Crippen LogP contribution is -2.13. The third-order valence-electron chi connectivity index (χ3n) is 2.95. The molecule has 3 aromatic rings. The van der Waals surface area contributed by atoms with Crippen molar-refractivity contribution >= 4 is 34.1 Å². The second-order valence-electron chi connectivity index (χ2n) is 4.34. The van der Waals surface area contributed by atoms with Crippen LogP contribution >= 0.6 is 11.6 Å². The van der Waals surface area contributed by atoms with Crippen molar-refractivity contribution in [2.24, 2.45) is 0 Å². The Labute approximate surface area is 121 Å². The molecule has 0 saturated heterocycles. The fourth-order valence-corrected chi connectivity index (χ4v) is 2.20. The number of nitrogens with zero attached hydrogens (tertiary/aromatic N) is 1. The maximum absolute atomic E-state index is 12.2. The van der Waals surface area contributed by atoms with Gasteiger partial charge in [0.05, 0.1) is 11.1 Å². The molecular formula is C16H11ClN2O. The zero-order chi connectivity index (χ0) is 13.9. The number of rotatable bonds is 2. The van der Waals surface area contributed by atoms with Crippen LogP contribution in [-0.4, -0.2) is 10.9 Å². The van der Waals surface area contributed by atoms with E-state index in [0.29, 0.717) is 5.56 Å². The summed E-state index contributed by atoms with van der Waals surface area (Å²) in [5.74, 6) is -0.264. The van der Waals surface area contributed by atoms with Crippen LogP contribution in [0.25, 0.3) is 10.9 Å². The van der Waals surface area contributed by atoms with E-state index >= 15 is 0 Å². The fraction of sp³-hybridized carbons (Fsp3) is 0. The van der Waals surface area contributed by atoms with Crippen LogP contribution in [0.15, 0.2) is 60.7 Å². The van der Waals surface area contributed by atoms with Crippen molar-refractivity contribution in [2.75, 3.05) is 5.32 Å². The van der Waals surface area contributed by atoms with Crippen LogP contribution in [-0.2, 0) is 0 Å². The Kier molecular flexibility index (Phi) is 3.35. The van der Waals surface area contributed by atoms with Crippen molar-refractivity contribution in [1.82, 2.24) is 4.98 Å². The molecule has 1 heterocycles. The molecule has 0 fully saturated rings. The Morgan fingerprint density at radius 2 is 1.70 bits per heavy atom. The number of anilines is 1. The van der Waals surface area contributed by atoms with E-state index in [0.717, 1.165) is 16.6 Å². The number of aromatic nitrogens is 1. The summed E-state index contributed by atoms with van der Waals surface area (Å²) in [5, 5.41) is 3.89. The van der Waals surface area contributed by atoms with E-state index in [1.807, 2.05) is 54.6 Å². The van der Waals surface area contributed by atoms with Crippen LogP contribution in [0, 0.1) is 0 Å². The van der Waals surface area contributed by atoms with Gasteiger partial charge in [-0.15, -0.1) is 0 Å². The minimum absolute atomic E-state index is 0.206. The molecule has 0 aliphatic rings. The summed E-state index contributed by atoms with van der Waals surface area (Å²) < 4.78 is 0. The average Bonchev–Trinajstić information content (AvgIpc) is 2.47. The monoisotopic (exact) mass is 282 g/mol. The number of pyridine rings is 1. The van der Waals surface area contributed by atoms with Crippen LogP contribution in [0.1, 0.15) is 10.4 Å². The Balaban J connectivity index is 1.97. The van der Waals surface area contributed by atoms with Crippen LogP contribution in [0.2, 0.25) is 5.15 Å². The van der Waals surface area contributed by atoms with E-state index < -0.39 is 0 Å². The van der Waals surface area contributed by atoms with E-state index in [1.165, 1.54) is 0 Å². The molecule has 1 aromatic heterocycles. The first-order valence-electron chi connectivity index (χ1n) is 6.16. The lowest BCUT2D eigenvalue weighted by Gasteiger charge is -2.07. The van der Waals surface area contributed by atoms with Gasteiger partial charge in [-0.3, -0.25) is 4.79 Å². The molecule has 0 aliphatic carbocycles.